The molecule has 7 nitrogen and oxygen atoms in total. The third-order valence-electron chi connectivity index (χ3n) is 5.89. The van der Waals surface area contributed by atoms with E-state index >= 15 is 0 Å². The first-order chi connectivity index (χ1) is 15.5. The van der Waals surface area contributed by atoms with Crippen molar-refractivity contribution in [3.8, 4) is 0 Å². The number of aromatic nitrogens is 4. The van der Waals surface area contributed by atoms with Crippen LogP contribution in [0.1, 0.15) is 22.8 Å². The summed E-state index contributed by atoms with van der Waals surface area (Å²) in [5, 5.41) is 9.06. The Balaban J connectivity index is 1.38. The molecule has 160 valence electrons. The Hall–Kier alpha value is -4.13. The Morgan fingerprint density at radius 3 is 2.53 bits per heavy atom. The van der Waals surface area contributed by atoms with E-state index in [1.807, 2.05) is 37.4 Å². The third-order valence-corrected chi connectivity index (χ3v) is 5.89. The lowest BCUT2D eigenvalue weighted by Crippen LogP contribution is -2.46. The number of nitrogens with zero attached hydrogens (tertiary/aromatic N) is 4. The van der Waals surface area contributed by atoms with Gasteiger partial charge in [-0.1, -0.05) is 18.2 Å². The zero-order valence-corrected chi connectivity index (χ0v) is 18.2. The largest absolute Gasteiger partial charge is 0.378 e. The van der Waals surface area contributed by atoms with E-state index < -0.39 is 0 Å². The van der Waals surface area contributed by atoms with E-state index in [4.69, 9.17) is 16.1 Å². The molecule has 5 rings (SSSR count). The molecule has 0 amide bonds. The minimum atomic E-state index is 0.321. The monoisotopic (exact) mass is 424 g/mol. The predicted molar refractivity (Wildman–Crippen MR) is 128 cm³/mol. The number of hydrogen-bond donors (Lipinski definition) is 3. The molecule has 0 aliphatic rings. The van der Waals surface area contributed by atoms with Crippen LogP contribution in [0, 0.1) is 6.92 Å². The lowest BCUT2D eigenvalue weighted by Gasteiger charge is -2.08. The van der Waals surface area contributed by atoms with Gasteiger partial charge in [0.05, 0.1) is 34.2 Å². The van der Waals surface area contributed by atoms with Crippen molar-refractivity contribution in [2.75, 3.05) is 5.32 Å². The number of aryl methyl sites for hydroxylation is 2. The van der Waals surface area contributed by atoms with Crippen LogP contribution in [-0.4, -0.2) is 24.9 Å². The Morgan fingerprint density at radius 2 is 1.75 bits per heavy atom. The van der Waals surface area contributed by atoms with Gasteiger partial charge in [-0.05, 0) is 61.0 Å². The molecule has 0 bridgehead atoms. The van der Waals surface area contributed by atoms with Crippen molar-refractivity contribution in [1.29, 1.82) is 0 Å². The maximum Gasteiger partial charge on any atom is 0.270 e. The predicted octanol–water partition coefficient (Wildman–Crippen LogP) is 2.36. The highest BCUT2D eigenvalue weighted by Crippen LogP contribution is 2.21. The summed E-state index contributed by atoms with van der Waals surface area (Å²) in [6.07, 6.45) is 0. The first kappa shape index (κ1) is 19.8. The molecule has 32 heavy (non-hydrogen) atoms. The number of benzene rings is 3. The molecular formula is C25H26N7+. The molecule has 5 N–H and O–H groups in total. The normalized spacial score (nSPS) is 11.3. The van der Waals surface area contributed by atoms with Crippen LogP contribution in [0.15, 0.2) is 66.7 Å². The first-order valence-corrected chi connectivity index (χ1v) is 10.6. The van der Waals surface area contributed by atoms with Gasteiger partial charge in [-0.25, -0.2) is 9.97 Å². The number of fused-ring (bicyclic) bond motifs is 2. The second-order valence-corrected chi connectivity index (χ2v) is 8.03. The number of rotatable bonds is 6. The van der Waals surface area contributed by atoms with Gasteiger partial charge in [0.15, 0.2) is 0 Å². The summed E-state index contributed by atoms with van der Waals surface area (Å²) in [7, 11) is 2.05. The molecule has 0 radical (unpaired) electrons. The fraction of sp³-hybridized carbons (Fsp3) is 0.160. The average molecular weight is 425 g/mol. The second-order valence-electron chi connectivity index (χ2n) is 8.03. The Labute approximate surface area is 186 Å². The standard InChI is InChI=1S/C25H25N7/c1-16-29-20-5-3-4-6-23(20)32(16)15-17-7-12-22-21(13-17)30-24(31(22)2)14-28-19-10-8-18(9-11-19)25(26)27/h3-13,28H,14-15H2,1-2H3,(H3,26,27)/p+1. The molecule has 2 heterocycles. The number of hydrogen-bond acceptors (Lipinski definition) is 3. The minimum absolute atomic E-state index is 0.321. The fourth-order valence-corrected chi connectivity index (χ4v) is 4.09. The Morgan fingerprint density at radius 1 is 0.969 bits per heavy atom. The van der Waals surface area contributed by atoms with E-state index in [2.05, 4.69) is 62.8 Å². The molecule has 2 aromatic heterocycles. The van der Waals surface area contributed by atoms with E-state index in [1.165, 1.54) is 5.56 Å². The summed E-state index contributed by atoms with van der Waals surface area (Å²) >= 11 is 0. The number of imidazole rings is 2. The zero-order chi connectivity index (χ0) is 22.2. The van der Waals surface area contributed by atoms with Gasteiger partial charge in [-0.15, -0.1) is 0 Å². The number of anilines is 1. The average Bonchev–Trinajstić information content (AvgIpc) is 3.28. The SMILES string of the molecule is Cc1nc2ccccc2n1Cc1ccc2c(c1)nc(CNc1ccc(C(N)=[NH2+])cc1)n2C. The summed E-state index contributed by atoms with van der Waals surface area (Å²) in [6.45, 7) is 3.43. The summed E-state index contributed by atoms with van der Waals surface area (Å²) in [5.74, 6) is 2.30. The molecule has 7 heteroatoms. The highest BCUT2D eigenvalue weighted by Gasteiger charge is 2.11. The zero-order valence-electron chi connectivity index (χ0n) is 18.2. The smallest absolute Gasteiger partial charge is 0.270 e. The van der Waals surface area contributed by atoms with Gasteiger partial charge < -0.3 is 14.5 Å². The van der Waals surface area contributed by atoms with Crippen LogP contribution in [0.5, 0.6) is 0 Å². The van der Waals surface area contributed by atoms with Gasteiger partial charge in [-0.3, -0.25) is 11.1 Å². The summed E-state index contributed by atoms with van der Waals surface area (Å²) < 4.78 is 4.38. The van der Waals surface area contributed by atoms with Crippen LogP contribution in [0.2, 0.25) is 0 Å². The Bertz CT molecular complexity index is 1440. The molecule has 5 aromatic rings. The molecule has 0 spiro atoms. The molecule has 0 fully saturated rings. The molecule has 3 aromatic carbocycles. The highest BCUT2D eigenvalue weighted by molar-refractivity contribution is 5.92. The van der Waals surface area contributed by atoms with Gasteiger partial charge in [-0.2, -0.15) is 0 Å². The van der Waals surface area contributed by atoms with Gasteiger partial charge >= 0.3 is 0 Å². The molecule has 0 aliphatic carbocycles. The first-order valence-electron chi connectivity index (χ1n) is 10.6. The van der Waals surface area contributed by atoms with Crippen molar-refractivity contribution >= 4 is 33.6 Å². The maximum atomic E-state index is 5.64. The van der Waals surface area contributed by atoms with Gasteiger partial charge in [0.1, 0.15) is 11.6 Å². The number of amidine groups is 1. The van der Waals surface area contributed by atoms with Crippen LogP contribution in [0.25, 0.3) is 22.1 Å². The molecule has 0 saturated heterocycles. The molecule has 0 saturated carbocycles. The minimum Gasteiger partial charge on any atom is -0.378 e. The molecule has 0 aliphatic heterocycles. The van der Waals surface area contributed by atoms with E-state index in [0.29, 0.717) is 12.4 Å². The summed E-state index contributed by atoms with van der Waals surface area (Å²) in [5.41, 5.74) is 12.9. The van der Waals surface area contributed by atoms with Crippen LogP contribution in [0.3, 0.4) is 0 Å². The topological polar surface area (TPSA) is 99.3 Å². The van der Waals surface area contributed by atoms with Crippen LogP contribution >= 0.6 is 0 Å². The van der Waals surface area contributed by atoms with E-state index in [1.54, 1.807) is 0 Å². The van der Waals surface area contributed by atoms with Crippen molar-refractivity contribution in [3.63, 3.8) is 0 Å². The summed E-state index contributed by atoms with van der Waals surface area (Å²) in [4.78, 5) is 9.56. The molecule has 0 atom stereocenters. The van der Waals surface area contributed by atoms with Crippen LogP contribution in [-0.2, 0) is 20.1 Å². The number of para-hydroxylation sites is 2. The van der Waals surface area contributed by atoms with E-state index in [9.17, 15) is 0 Å². The van der Waals surface area contributed by atoms with Crippen LogP contribution < -0.4 is 16.5 Å². The van der Waals surface area contributed by atoms with Crippen LogP contribution in [0.4, 0.5) is 5.69 Å². The lowest BCUT2D eigenvalue weighted by atomic mass is 10.2. The number of nitrogens with two attached hydrogens (primary N) is 2. The van der Waals surface area contributed by atoms with Gasteiger partial charge in [0.2, 0.25) is 0 Å². The third kappa shape index (κ3) is 3.58. The molecule has 0 unspecified atom stereocenters. The van der Waals surface area contributed by atoms with Crippen molar-refractivity contribution < 1.29 is 5.41 Å². The van der Waals surface area contributed by atoms with Gasteiger partial charge in [0, 0.05) is 19.3 Å². The highest BCUT2D eigenvalue weighted by atomic mass is 15.1. The lowest BCUT2D eigenvalue weighted by molar-refractivity contribution is -0.114. The van der Waals surface area contributed by atoms with Crippen molar-refractivity contribution in [1.82, 2.24) is 19.1 Å². The van der Waals surface area contributed by atoms with Crippen molar-refractivity contribution in [2.45, 2.75) is 20.0 Å². The number of nitrogens with one attached hydrogen (secondary N) is 1. The van der Waals surface area contributed by atoms with Crippen molar-refractivity contribution in [3.05, 3.63) is 89.5 Å². The fourth-order valence-electron chi connectivity index (χ4n) is 4.09. The summed E-state index contributed by atoms with van der Waals surface area (Å²) in [6, 6.07) is 22.5. The van der Waals surface area contributed by atoms with Gasteiger partial charge in [0.25, 0.3) is 5.84 Å². The van der Waals surface area contributed by atoms with E-state index in [-0.39, 0.29) is 0 Å². The van der Waals surface area contributed by atoms with E-state index in [0.717, 1.165) is 51.5 Å². The maximum absolute atomic E-state index is 5.64. The second kappa shape index (κ2) is 7.85. The Kier molecular flexibility index (Phi) is 4.86. The van der Waals surface area contributed by atoms with Crippen molar-refractivity contribution in [2.24, 2.45) is 12.8 Å². The molecular weight excluding hydrogens is 398 g/mol. The quantitative estimate of drug-likeness (QED) is 0.288.